The molecule has 0 aliphatic carbocycles. The van der Waals surface area contributed by atoms with Crippen molar-refractivity contribution in [3.8, 4) is 0 Å². The molecule has 3 rings (SSSR count). The molecule has 2 heterocycles. The lowest BCUT2D eigenvalue weighted by Gasteiger charge is -2.17. The summed E-state index contributed by atoms with van der Waals surface area (Å²) in [4.78, 5) is 0. The first-order valence-corrected chi connectivity index (χ1v) is 9.32. The van der Waals surface area contributed by atoms with Crippen LogP contribution in [0, 0.1) is 0 Å². The summed E-state index contributed by atoms with van der Waals surface area (Å²) < 4.78 is 25.3. The summed E-state index contributed by atoms with van der Waals surface area (Å²) in [6.45, 7) is 2.91. The average Bonchev–Trinajstić information content (AvgIpc) is 2.78. The number of aryl methyl sites for hydroxylation is 1. The van der Waals surface area contributed by atoms with E-state index in [1.165, 1.54) is 0 Å². The Morgan fingerprint density at radius 2 is 2.19 bits per heavy atom. The summed E-state index contributed by atoms with van der Waals surface area (Å²) in [6, 6.07) is 6.44. The number of hydrogen-bond donors (Lipinski definition) is 1. The van der Waals surface area contributed by atoms with Gasteiger partial charge in [-0.15, -0.1) is 0 Å². The van der Waals surface area contributed by atoms with Gasteiger partial charge in [0.2, 0.25) is 0 Å². The van der Waals surface area contributed by atoms with Crippen LogP contribution in [0.4, 0.5) is 5.69 Å². The maximum Gasteiger partial charge on any atom is 0.150 e. The highest BCUT2D eigenvalue weighted by atomic mass is 32.2. The number of rotatable bonds is 3. The molecule has 1 aromatic carbocycles. The fraction of sp³-hybridized carbons (Fsp3) is 0.533. The molecule has 114 valence electrons. The Hall–Kier alpha value is -1.56. The molecule has 1 atom stereocenters. The minimum absolute atomic E-state index is 0.234. The van der Waals surface area contributed by atoms with Crippen molar-refractivity contribution in [3.63, 3.8) is 0 Å². The van der Waals surface area contributed by atoms with Crippen LogP contribution in [-0.4, -0.2) is 35.7 Å². The highest BCUT2D eigenvalue weighted by Gasteiger charge is 2.20. The highest BCUT2D eigenvalue weighted by Crippen LogP contribution is 2.22. The second-order valence-corrected chi connectivity index (χ2v) is 7.96. The minimum Gasteiger partial charge on any atom is -0.382 e. The third-order valence-corrected chi connectivity index (χ3v) is 5.87. The number of aromatic nitrogens is 2. The van der Waals surface area contributed by atoms with Crippen LogP contribution >= 0.6 is 0 Å². The predicted octanol–water partition coefficient (Wildman–Crippen LogP) is 2.44. The number of nitrogens with one attached hydrogen (secondary N) is 1. The van der Waals surface area contributed by atoms with E-state index in [-0.39, 0.29) is 6.04 Å². The lowest BCUT2D eigenvalue weighted by molar-refractivity contribution is 0.595. The van der Waals surface area contributed by atoms with Crippen LogP contribution in [0.2, 0.25) is 0 Å². The van der Waals surface area contributed by atoms with Gasteiger partial charge in [0, 0.05) is 23.7 Å². The van der Waals surface area contributed by atoms with Crippen LogP contribution < -0.4 is 5.32 Å². The first-order valence-electron chi connectivity index (χ1n) is 7.50. The molecule has 0 radical (unpaired) electrons. The lowest BCUT2D eigenvalue weighted by atomic mass is 10.1. The second-order valence-electron chi connectivity index (χ2n) is 5.66. The Labute approximate surface area is 125 Å². The third kappa shape index (κ3) is 3.20. The Morgan fingerprint density at radius 3 is 3.00 bits per heavy atom. The van der Waals surface area contributed by atoms with Gasteiger partial charge in [-0.05, 0) is 44.4 Å². The summed E-state index contributed by atoms with van der Waals surface area (Å²) in [5.74, 6) is 0.618. The van der Waals surface area contributed by atoms with Crippen molar-refractivity contribution < 1.29 is 8.42 Å². The van der Waals surface area contributed by atoms with E-state index in [1.54, 1.807) is 0 Å². The molecule has 5 nitrogen and oxygen atoms in total. The van der Waals surface area contributed by atoms with E-state index in [0.717, 1.165) is 36.0 Å². The SMILES string of the molecule is CCn1ncc2ccc(NC3CCCS(=O)(=O)CC3)cc21. The first-order chi connectivity index (χ1) is 10.1. The van der Waals surface area contributed by atoms with E-state index in [0.29, 0.717) is 17.9 Å². The lowest BCUT2D eigenvalue weighted by Crippen LogP contribution is -2.20. The fourth-order valence-corrected chi connectivity index (χ4v) is 4.36. The van der Waals surface area contributed by atoms with E-state index in [1.807, 2.05) is 16.9 Å². The first kappa shape index (κ1) is 14.4. The Bertz CT molecular complexity index is 736. The zero-order chi connectivity index (χ0) is 14.9. The number of nitrogens with zero attached hydrogens (tertiary/aromatic N) is 2. The maximum atomic E-state index is 11.7. The molecule has 1 unspecified atom stereocenters. The molecule has 2 aromatic rings. The van der Waals surface area contributed by atoms with Gasteiger partial charge in [-0.2, -0.15) is 5.10 Å². The molecule has 0 bridgehead atoms. The molecular weight excluding hydrogens is 286 g/mol. The molecule has 1 aliphatic rings. The molecule has 0 spiro atoms. The van der Waals surface area contributed by atoms with Crippen LogP contribution in [0.25, 0.3) is 10.9 Å². The normalized spacial score (nSPS) is 22.0. The summed E-state index contributed by atoms with van der Waals surface area (Å²) in [6.07, 6.45) is 4.22. The van der Waals surface area contributed by atoms with Crippen molar-refractivity contribution in [2.75, 3.05) is 16.8 Å². The fourth-order valence-electron chi connectivity index (χ4n) is 2.91. The van der Waals surface area contributed by atoms with Crippen LogP contribution in [-0.2, 0) is 16.4 Å². The third-order valence-electron chi connectivity index (χ3n) is 4.10. The molecule has 1 fully saturated rings. The monoisotopic (exact) mass is 307 g/mol. The van der Waals surface area contributed by atoms with Crippen LogP contribution in [0.5, 0.6) is 0 Å². The summed E-state index contributed by atoms with van der Waals surface area (Å²) in [5, 5.41) is 8.96. The van der Waals surface area contributed by atoms with Gasteiger partial charge in [-0.25, -0.2) is 8.42 Å². The number of anilines is 1. The molecule has 6 heteroatoms. The van der Waals surface area contributed by atoms with Gasteiger partial charge < -0.3 is 5.32 Å². The average molecular weight is 307 g/mol. The topological polar surface area (TPSA) is 64.0 Å². The quantitative estimate of drug-likeness (QED) is 0.946. The minimum atomic E-state index is -2.83. The van der Waals surface area contributed by atoms with Crippen molar-refractivity contribution in [1.29, 1.82) is 0 Å². The van der Waals surface area contributed by atoms with E-state index in [2.05, 4.69) is 29.5 Å². The number of hydrogen-bond acceptors (Lipinski definition) is 4. The molecular formula is C15H21N3O2S. The summed E-state index contributed by atoms with van der Waals surface area (Å²) in [7, 11) is -2.83. The Kier molecular flexibility index (Phi) is 3.89. The van der Waals surface area contributed by atoms with Crippen molar-refractivity contribution in [2.24, 2.45) is 0 Å². The molecule has 1 aromatic heterocycles. The maximum absolute atomic E-state index is 11.7. The van der Waals surface area contributed by atoms with Gasteiger partial charge in [0.05, 0.1) is 23.2 Å². The largest absolute Gasteiger partial charge is 0.382 e. The Balaban J connectivity index is 1.78. The van der Waals surface area contributed by atoms with Gasteiger partial charge >= 0.3 is 0 Å². The van der Waals surface area contributed by atoms with Crippen molar-refractivity contribution >= 4 is 26.4 Å². The van der Waals surface area contributed by atoms with Crippen molar-refractivity contribution in [1.82, 2.24) is 9.78 Å². The molecule has 0 saturated carbocycles. The number of benzene rings is 1. The van der Waals surface area contributed by atoms with Gasteiger partial charge in [0.15, 0.2) is 0 Å². The van der Waals surface area contributed by atoms with Gasteiger partial charge in [-0.1, -0.05) is 0 Å². The molecule has 1 saturated heterocycles. The second kappa shape index (κ2) is 5.67. The van der Waals surface area contributed by atoms with Crippen LogP contribution in [0.1, 0.15) is 26.2 Å². The van der Waals surface area contributed by atoms with Crippen molar-refractivity contribution in [3.05, 3.63) is 24.4 Å². The Morgan fingerprint density at radius 1 is 1.33 bits per heavy atom. The number of fused-ring (bicyclic) bond motifs is 1. The van der Waals surface area contributed by atoms with E-state index >= 15 is 0 Å². The van der Waals surface area contributed by atoms with Gasteiger partial charge in [0.25, 0.3) is 0 Å². The summed E-state index contributed by atoms with van der Waals surface area (Å²) in [5.41, 5.74) is 2.16. The predicted molar refractivity (Wildman–Crippen MR) is 85.3 cm³/mol. The summed E-state index contributed by atoms with van der Waals surface area (Å²) >= 11 is 0. The van der Waals surface area contributed by atoms with Crippen LogP contribution in [0.15, 0.2) is 24.4 Å². The van der Waals surface area contributed by atoms with Crippen molar-refractivity contribution in [2.45, 2.75) is 38.8 Å². The van der Waals surface area contributed by atoms with Gasteiger partial charge in [-0.3, -0.25) is 4.68 Å². The zero-order valence-corrected chi connectivity index (χ0v) is 13.1. The van der Waals surface area contributed by atoms with E-state index in [4.69, 9.17) is 0 Å². The van der Waals surface area contributed by atoms with E-state index in [9.17, 15) is 8.42 Å². The highest BCUT2D eigenvalue weighted by molar-refractivity contribution is 7.91. The molecule has 1 aliphatic heterocycles. The molecule has 1 N–H and O–H groups in total. The molecule has 0 amide bonds. The molecule has 21 heavy (non-hydrogen) atoms. The van der Waals surface area contributed by atoms with E-state index < -0.39 is 9.84 Å². The smallest absolute Gasteiger partial charge is 0.150 e. The van der Waals surface area contributed by atoms with Gasteiger partial charge in [0.1, 0.15) is 9.84 Å². The number of sulfone groups is 1. The van der Waals surface area contributed by atoms with Crippen LogP contribution in [0.3, 0.4) is 0 Å². The zero-order valence-electron chi connectivity index (χ0n) is 12.2. The standard InChI is InChI=1S/C15H21N3O2S/c1-2-18-15-10-14(6-5-12(15)11-16-18)17-13-4-3-8-21(19,20)9-7-13/h5-6,10-11,13,17H,2-4,7-9H2,1H3.